The Bertz CT molecular complexity index is 29.0. The fourth-order valence-electron chi connectivity index (χ4n) is 0. The molecule has 0 spiro atoms. The maximum absolute atomic E-state index is 8.88. The fourth-order valence-corrected chi connectivity index (χ4v) is 0. The van der Waals surface area contributed by atoms with Gasteiger partial charge in [-0.15, -0.1) is 0 Å². The molecule has 1 radical (unpaired) electrons. The van der Waals surface area contributed by atoms with E-state index in [-0.39, 0.29) is 16.8 Å². The summed E-state index contributed by atoms with van der Waals surface area (Å²) in [5.41, 5.74) is 0. The summed E-state index contributed by atoms with van der Waals surface area (Å²) >= 11 is -1.20. The molecule has 27 valence electrons. The standard InChI is InChI=1S/Co.Mo.O.S. The first kappa shape index (κ1) is 8.96. The van der Waals surface area contributed by atoms with Crippen molar-refractivity contribution in [3.63, 3.8) is 0 Å². The molecule has 0 heterocycles. The summed E-state index contributed by atoms with van der Waals surface area (Å²) in [7, 11) is 3.97. The SMILES string of the molecule is [Co].[O]=[Mo]=[S]. The minimum absolute atomic E-state index is 0. The third kappa shape index (κ3) is 10.7. The van der Waals surface area contributed by atoms with Crippen LogP contribution in [-0.2, 0) is 36.9 Å². The molecule has 4 heteroatoms. The van der Waals surface area contributed by atoms with E-state index in [1.54, 1.807) is 0 Å². The molecule has 0 aliphatic heterocycles. The van der Waals surface area contributed by atoms with Crippen molar-refractivity contribution in [2.24, 2.45) is 0 Å². The van der Waals surface area contributed by atoms with E-state index in [1.807, 2.05) is 0 Å². The van der Waals surface area contributed by atoms with Crippen molar-refractivity contribution in [3.8, 4) is 0 Å². The summed E-state index contributed by atoms with van der Waals surface area (Å²) in [6.45, 7) is 0. The molecule has 4 heavy (non-hydrogen) atoms. The second-order valence-corrected chi connectivity index (χ2v) is 1.21. The Morgan fingerprint density at radius 3 is 1.75 bits per heavy atom. The van der Waals surface area contributed by atoms with E-state index in [9.17, 15) is 0 Å². The first-order valence-electron chi connectivity index (χ1n) is 0.333. The molecular formula is CoMoOS. The van der Waals surface area contributed by atoms with Gasteiger partial charge in [-0.05, 0) is 0 Å². The normalized spacial score (nSPS) is 3.00. The summed E-state index contributed by atoms with van der Waals surface area (Å²) < 4.78 is 8.88. The Kier molecular flexibility index (Phi) is 19.9. The summed E-state index contributed by atoms with van der Waals surface area (Å²) in [4.78, 5) is 0. The van der Waals surface area contributed by atoms with Crippen molar-refractivity contribution in [1.82, 2.24) is 0 Å². The molecule has 0 aromatic heterocycles. The van der Waals surface area contributed by atoms with Crippen molar-refractivity contribution >= 4 is 9.82 Å². The Morgan fingerprint density at radius 1 is 1.75 bits per heavy atom. The molecule has 0 aliphatic rings. The molecule has 0 rings (SSSR count). The molecule has 0 bridgehead atoms. The third-order valence-electron chi connectivity index (χ3n) is 0. The van der Waals surface area contributed by atoms with Gasteiger partial charge in [-0.2, -0.15) is 0 Å². The van der Waals surface area contributed by atoms with Gasteiger partial charge in [0, 0.05) is 16.8 Å². The molecule has 0 saturated heterocycles. The topological polar surface area (TPSA) is 17.1 Å². The van der Waals surface area contributed by atoms with Crippen LogP contribution < -0.4 is 0 Å². The number of rotatable bonds is 0. The van der Waals surface area contributed by atoms with Crippen molar-refractivity contribution < 1.29 is 36.9 Å². The molecule has 0 aliphatic carbocycles. The second kappa shape index (κ2) is 8.88. The van der Waals surface area contributed by atoms with E-state index in [2.05, 4.69) is 9.82 Å². The molecule has 1 nitrogen and oxygen atoms in total. The summed E-state index contributed by atoms with van der Waals surface area (Å²) in [6, 6.07) is 0. The van der Waals surface area contributed by atoms with Crippen LogP contribution in [0.3, 0.4) is 0 Å². The average Bonchev–Trinajstić information content (AvgIpc) is 0.918. The van der Waals surface area contributed by atoms with Crippen LogP contribution in [0.2, 0.25) is 0 Å². The second-order valence-electron chi connectivity index (χ2n) is 0.0680. The summed E-state index contributed by atoms with van der Waals surface area (Å²) in [5, 5.41) is 0. The maximum atomic E-state index is 8.88. The van der Waals surface area contributed by atoms with Crippen LogP contribution in [0.1, 0.15) is 0 Å². The monoisotopic (exact) mass is 205 g/mol. The molecule has 0 atom stereocenters. The van der Waals surface area contributed by atoms with E-state index in [0.29, 0.717) is 0 Å². The summed E-state index contributed by atoms with van der Waals surface area (Å²) in [5.74, 6) is 0. The Balaban J connectivity index is 0. The zero-order valence-corrected chi connectivity index (χ0v) is 5.42. The van der Waals surface area contributed by atoms with E-state index in [0.717, 1.165) is 0 Å². The van der Waals surface area contributed by atoms with Crippen LogP contribution in [0.25, 0.3) is 0 Å². The van der Waals surface area contributed by atoms with Gasteiger partial charge in [-0.1, -0.05) is 0 Å². The minimum atomic E-state index is -1.20. The van der Waals surface area contributed by atoms with Gasteiger partial charge in [0.25, 0.3) is 0 Å². The van der Waals surface area contributed by atoms with Gasteiger partial charge in [0.2, 0.25) is 0 Å². The van der Waals surface area contributed by atoms with E-state index in [4.69, 9.17) is 3.40 Å². The van der Waals surface area contributed by atoms with Gasteiger partial charge in [0.05, 0.1) is 0 Å². The predicted octanol–water partition coefficient (Wildman–Crippen LogP) is 0.524. The Hall–Kier alpha value is 1.21. The van der Waals surface area contributed by atoms with Crippen molar-refractivity contribution in [2.75, 3.05) is 0 Å². The van der Waals surface area contributed by atoms with Gasteiger partial charge >= 0.3 is 29.9 Å². The van der Waals surface area contributed by atoms with Gasteiger partial charge in [-0.25, -0.2) is 0 Å². The van der Waals surface area contributed by atoms with Crippen LogP contribution >= 0.6 is 9.82 Å². The van der Waals surface area contributed by atoms with Crippen molar-refractivity contribution in [2.45, 2.75) is 0 Å². The molecule has 0 fully saturated rings. The van der Waals surface area contributed by atoms with Crippen LogP contribution in [0.4, 0.5) is 0 Å². The van der Waals surface area contributed by atoms with Crippen molar-refractivity contribution in [3.05, 3.63) is 0 Å². The van der Waals surface area contributed by atoms with E-state index >= 15 is 0 Å². The van der Waals surface area contributed by atoms with Crippen LogP contribution in [0, 0.1) is 0 Å². The average molecular weight is 203 g/mol. The molecule has 0 amide bonds. The van der Waals surface area contributed by atoms with Gasteiger partial charge < -0.3 is 0 Å². The summed E-state index contributed by atoms with van der Waals surface area (Å²) in [6.07, 6.45) is 0. The zero-order valence-electron chi connectivity index (χ0n) is 1.56. The molecule has 0 saturated carbocycles. The van der Waals surface area contributed by atoms with Gasteiger partial charge in [-0.3, -0.25) is 0 Å². The van der Waals surface area contributed by atoms with Gasteiger partial charge in [0.1, 0.15) is 0 Å². The first-order valence-corrected chi connectivity index (χ1v) is 3.94. The predicted molar refractivity (Wildman–Crippen MR) is 8.28 cm³/mol. The van der Waals surface area contributed by atoms with E-state index < -0.39 is 16.7 Å². The zero-order chi connectivity index (χ0) is 2.71. The quantitative estimate of drug-likeness (QED) is 0.534. The molecule has 0 aromatic rings. The van der Waals surface area contributed by atoms with Crippen molar-refractivity contribution in [1.29, 1.82) is 0 Å². The van der Waals surface area contributed by atoms with Crippen LogP contribution in [0.5, 0.6) is 0 Å². The number of hydrogen-bond acceptors (Lipinski definition) is 2. The van der Waals surface area contributed by atoms with Gasteiger partial charge in [0.15, 0.2) is 0 Å². The van der Waals surface area contributed by atoms with Crippen LogP contribution in [-0.4, -0.2) is 0 Å². The molecule has 0 N–H and O–H groups in total. The first-order chi connectivity index (χ1) is 1.41. The fraction of sp³-hybridized carbons (Fsp3) is 0. The molecule has 0 aromatic carbocycles. The molecular weight excluding hydrogens is 203 g/mol. The Labute approximate surface area is 46.6 Å². The number of hydrogen-bond donors (Lipinski definition) is 0. The molecule has 0 unspecified atom stereocenters. The third-order valence-corrected chi connectivity index (χ3v) is 0. The van der Waals surface area contributed by atoms with E-state index in [1.165, 1.54) is 0 Å². The van der Waals surface area contributed by atoms with Crippen LogP contribution in [0.15, 0.2) is 0 Å². The Morgan fingerprint density at radius 2 is 1.75 bits per heavy atom.